The van der Waals surface area contributed by atoms with E-state index < -0.39 is 9.58 Å². The van der Waals surface area contributed by atoms with Crippen LogP contribution in [0.25, 0.3) is 0 Å². The van der Waals surface area contributed by atoms with Crippen LogP contribution in [0.15, 0.2) is 24.3 Å². The highest BCUT2D eigenvalue weighted by atomic mass is 35.5. The van der Waals surface area contributed by atoms with Gasteiger partial charge in [0.15, 0.2) is 0 Å². The Labute approximate surface area is 97.0 Å². The molecule has 4 heteroatoms. The Morgan fingerprint density at radius 3 is 2.14 bits per heavy atom. The number of rotatable bonds is 2. The quantitative estimate of drug-likeness (QED) is 0.577. The van der Waals surface area contributed by atoms with Crippen LogP contribution in [0.4, 0.5) is 0 Å². The van der Waals surface area contributed by atoms with Gasteiger partial charge in [0.25, 0.3) is 5.24 Å². The van der Waals surface area contributed by atoms with E-state index in [0.29, 0.717) is 5.56 Å². The van der Waals surface area contributed by atoms with Crippen molar-refractivity contribution in [1.29, 1.82) is 0 Å². The van der Waals surface area contributed by atoms with Gasteiger partial charge in [-0.05, 0) is 35.7 Å². The molecule has 1 aliphatic carbocycles. The lowest BCUT2D eigenvalue weighted by atomic mass is 10.1. The molecule has 1 saturated carbocycles. The van der Waals surface area contributed by atoms with Crippen molar-refractivity contribution in [2.24, 2.45) is 0 Å². The normalized spacial score (nSPS) is 23.2. The van der Waals surface area contributed by atoms with Crippen LogP contribution in [0, 0.1) is 0 Å². The lowest BCUT2D eigenvalue weighted by molar-refractivity contribution is 0.108. The third-order valence-electron chi connectivity index (χ3n) is 2.37. The molecule has 1 unspecified atom stereocenters. The Bertz CT molecular complexity index is 369. The second kappa shape index (κ2) is 3.41. The van der Waals surface area contributed by atoms with E-state index in [2.05, 4.69) is 0 Å². The summed E-state index contributed by atoms with van der Waals surface area (Å²) >= 11 is 17.1. The van der Waals surface area contributed by atoms with E-state index in [4.69, 9.17) is 34.8 Å². The zero-order chi connectivity index (χ0) is 10.3. The van der Waals surface area contributed by atoms with Gasteiger partial charge in [-0.25, -0.2) is 0 Å². The minimum atomic E-state index is -0.619. The Balaban J connectivity index is 2.20. The van der Waals surface area contributed by atoms with Gasteiger partial charge in [-0.15, -0.1) is 23.2 Å². The van der Waals surface area contributed by atoms with Crippen LogP contribution in [0.5, 0.6) is 0 Å². The van der Waals surface area contributed by atoms with Crippen LogP contribution < -0.4 is 0 Å². The Kier molecular flexibility index (Phi) is 2.50. The van der Waals surface area contributed by atoms with Crippen molar-refractivity contribution in [1.82, 2.24) is 0 Å². The number of hydrogen-bond donors (Lipinski definition) is 0. The zero-order valence-corrected chi connectivity index (χ0v) is 9.40. The number of hydrogen-bond acceptors (Lipinski definition) is 1. The van der Waals surface area contributed by atoms with E-state index in [1.54, 1.807) is 12.1 Å². The first-order valence-electron chi connectivity index (χ1n) is 4.18. The summed E-state index contributed by atoms with van der Waals surface area (Å²) in [6.45, 7) is 0. The molecule has 0 bridgehead atoms. The number of halogens is 3. The van der Waals surface area contributed by atoms with Crippen LogP contribution in [0.3, 0.4) is 0 Å². The van der Waals surface area contributed by atoms with E-state index >= 15 is 0 Å². The molecule has 1 aromatic carbocycles. The summed E-state index contributed by atoms with van der Waals surface area (Å²) in [7, 11) is 0. The maximum Gasteiger partial charge on any atom is 0.252 e. The minimum Gasteiger partial charge on any atom is -0.276 e. The number of carbonyl (C=O) groups is 1. The molecule has 0 amide bonds. The molecule has 1 fully saturated rings. The first kappa shape index (κ1) is 10.3. The highest BCUT2D eigenvalue weighted by Crippen LogP contribution is 2.59. The van der Waals surface area contributed by atoms with Gasteiger partial charge in [-0.3, -0.25) is 4.79 Å². The van der Waals surface area contributed by atoms with Gasteiger partial charge in [-0.1, -0.05) is 12.1 Å². The molecule has 0 N–H and O–H groups in total. The van der Waals surface area contributed by atoms with Gasteiger partial charge >= 0.3 is 0 Å². The van der Waals surface area contributed by atoms with Crippen LogP contribution in [-0.4, -0.2) is 9.58 Å². The van der Waals surface area contributed by atoms with Crippen molar-refractivity contribution in [2.75, 3.05) is 0 Å². The summed E-state index contributed by atoms with van der Waals surface area (Å²) in [5, 5.41) is -0.449. The third kappa shape index (κ3) is 1.90. The van der Waals surface area contributed by atoms with Crippen LogP contribution in [0.1, 0.15) is 28.3 Å². The summed E-state index contributed by atoms with van der Waals surface area (Å²) < 4.78 is -0.619. The molecule has 1 nitrogen and oxygen atoms in total. The van der Waals surface area contributed by atoms with Crippen molar-refractivity contribution in [3.63, 3.8) is 0 Å². The fourth-order valence-electron chi connectivity index (χ4n) is 1.42. The van der Waals surface area contributed by atoms with Gasteiger partial charge in [0.2, 0.25) is 0 Å². The molecular weight excluding hydrogens is 242 g/mol. The van der Waals surface area contributed by atoms with Gasteiger partial charge in [0.1, 0.15) is 4.33 Å². The molecule has 0 radical (unpaired) electrons. The smallest absolute Gasteiger partial charge is 0.252 e. The summed E-state index contributed by atoms with van der Waals surface area (Å²) in [5.41, 5.74) is 1.54. The number of carbonyl (C=O) groups excluding carboxylic acids is 1. The van der Waals surface area contributed by atoms with Crippen molar-refractivity contribution in [3.05, 3.63) is 35.4 Å². The van der Waals surface area contributed by atoms with Crippen molar-refractivity contribution < 1.29 is 4.79 Å². The molecule has 1 aliphatic rings. The minimum absolute atomic E-state index is 0.185. The molecule has 2 rings (SSSR count). The lowest BCUT2D eigenvalue weighted by Crippen LogP contribution is -1.92. The van der Waals surface area contributed by atoms with E-state index in [1.807, 2.05) is 12.1 Å². The number of alkyl halides is 2. The number of benzene rings is 1. The summed E-state index contributed by atoms with van der Waals surface area (Å²) in [5.74, 6) is 0.185. The van der Waals surface area contributed by atoms with Gasteiger partial charge in [-0.2, -0.15) is 0 Å². The lowest BCUT2D eigenvalue weighted by Gasteiger charge is -2.01. The Morgan fingerprint density at radius 2 is 1.79 bits per heavy atom. The van der Waals surface area contributed by atoms with Gasteiger partial charge in [0.05, 0.1) is 0 Å². The fourth-order valence-corrected chi connectivity index (χ4v) is 2.11. The molecule has 0 heterocycles. The molecule has 0 aliphatic heterocycles. The SMILES string of the molecule is O=C(Cl)c1ccc(C2CC2(Cl)Cl)cc1. The molecular formula is C10H7Cl3O. The van der Waals surface area contributed by atoms with Gasteiger partial charge in [0, 0.05) is 11.5 Å². The predicted octanol–water partition coefficient (Wildman–Crippen LogP) is 3.73. The molecule has 14 heavy (non-hydrogen) atoms. The first-order valence-corrected chi connectivity index (χ1v) is 5.32. The topological polar surface area (TPSA) is 17.1 Å². The third-order valence-corrected chi connectivity index (χ3v) is 3.42. The Hall–Kier alpha value is -0.240. The second-order valence-electron chi connectivity index (χ2n) is 3.41. The second-order valence-corrected chi connectivity index (χ2v) is 5.30. The van der Waals surface area contributed by atoms with E-state index in [1.165, 1.54) is 0 Å². The average Bonchev–Trinajstić information content (AvgIpc) is 2.75. The molecule has 0 spiro atoms. The summed E-state index contributed by atoms with van der Waals surface area (Å²) in [4.78, 5) is 10.8. The summed E-state index contributed by atoms with van der Waals surface area (Å²) in [6.07, 6.45) is 0.768. The average molecular weight is 250 g/mol. The molecule has 0 saturated heterocycles. The van der Waals surface area contributed by atoms with Crippen LogP contribution in [0.2, 0.25) is 0 Å². The van der Waals surface area contributed by atoms with Crippen molar-refractivity contribution in [2.45, 2.75) is 16.7 Å². The van der Waals surface area contributed by atoms with E-state index in [9.17, 15) is 4.79 Å². The summed E-state index contributed by atoms with van der Waals surface area (Å²) in [6, 6.07) is 7.05. The zero-order valence-electron chi connectivity index (χ0n) is 7.14. The van der Waals surface area contributed by atoms with Crippen LogP contribution in [-0.2, 0) is 0 Å². The molecule has 1 atom stereocenters. The fraction of sp³-hybridized carbons (Fsp3) is 0.300. The van der Waals surface area contributed by atoms with E-state index in [-0.39, 0.29) is 5.92 Å². The monoisotopic (exact) mass is 248 g/mol. The standard InChI is InChI=1S/C10H7Cl3O/c11-9(14)7-3-1-6(2-4-7)8-5-10(8,12)13/h1-4,8H,5H2. The van der Waals surface area contributed by atoms with Crippen LogP contribution >= 0.6 is 34.8 Å². The highest BCUT2D eigenvalue weighted by Gasteiger charge is 2.52. The van der Waals surface area contributed by atoms with Crippen molar-refractivity contribution in [3.8, 4) is 0 Å². The van der Waals surface area contributed by atoms with E-state index in [0.717, 1.165) is 12.0 Å². The predicted molar refractivity (Wildman–Crippen MR) is 58.4 cm³/mol. The maximum absolute atomic E-state index is 10.8. The Morgan fingerprint density at radius 1 is 1.29 bits per heavy atom. The van der Waals surface area contributed by atoms with Gasteiger partial charge < -0.3 is 0 Å². The first-order chi connectivity index (χ1) is 6.50. The molecule has 0 aromatic heterocycles. The highest BCUT2D eigenvalue weighted by molar-refractivity contribution is 6.67. The molecule has 1 aromatic rings. The molecule has 74 valence electrons. The largest absolute Gasteiger partial charge is 0.276 e. The maximum atomic E-state index is 10.8. The van der Waals surface area contributed by atoms with Crippen molar-refractivity contribution >= 4 is 40.0 Å².